The predicted octanol–water partition coefficient (Wildman–Crippen LogP) is 7.88. The number of anilines is 1. The summed E-state index contributed by atoms with van der Waals surface area (Å²) in [4.78, 5) is 12.2. The Balaban J connectivity index is 2.05. The normalized spacial score (nSPS) is 17.8. The molecule has 0 aromatic heterocycles. The number of nitrogens with one attached hydrogen (secondary N) is 1. The highest BCUT2D eigenvalue weighted by Crippen LogP contribution is 2.41. The minimum Gasteiger partial charge on any atom is -0.508 e. The van der Waals surface area contributed by atoms with E-state index in [-0.39, 0.29) is 5.41 Å². The summed E-state index contributed by atoms with van der Waals surface area (Å²) < 4.78 is 39.4. The molecule has 0 aliphatic heterocycles. The Morgan fingerprint density at radius 3 is 2.48 bits per heavy atom. The van der Waals surface area contributed by atoms with Crippen molar-refractivity contribution in [2.24, 2.45) is 5.41 Å². The topological polar surface area (TPSA) is 49.3 Å². The maximum atomic E-state index is 13.1. The van der Waals surface area contributed by atoms with Crippen LogP contribution in [0.25, 0.3) is 0 Å². The first-order valence-electron chi connectivity index (χ1n) is 10.9. The molecule has 0 spiro atoms. The van der Waals surface area contributed by atoms with Crippen molar-refractivity contribution >= 4 is 11.6 Å². The van der Waals surface area contributed by atoms with Gasteiger partial charge in [-0.05, 0) is 74.8 Å². The van der Waals surface area contributed by atoms with Gasteiger partial charge in [0.1, 0.15) is 5.75 Å². The molecule has 178 valence electrons. The molecule has 1 aliphatic rings. The first-order chi connectivity index (χ1) is 15.3. The molecule has 1 amide bonds. The molecule has 0 unspecified atom stereocenters. The van der Waals surface area contributed by atoms with E-state index in [1.807, 2.05) is 13.0 Å². The van der Waals surface area contributed by atoms with E-state index in [1.54, 1.807) is 19.1 Å². The number of aromatic hydroxyl groups is 1. The first kappa shape index (κ1) is 26.2. The van der Waals surface area contributed by atoms with E-state index in [0.29, 0.717) is 11.6 Å². The van der Waals surface area contributed by atoms with Crippen molar-refractivity contribution in [3.63, 3.8) is 0 Å². The number of rotatable bonds is 6. The van der Waals surface area contributed by atoms with Gasteiger partial charge in [0.05, 0.1) is 11.3 Å². The summed E-state index contributed by atoms with van der Waals surface area (Å²) in [6, 6.07) is 2.70. The summed E-state index contributed by atoms with van der Waals surface area (Å²) in [6.07, 6.45) is 9.74. The average Bonchev–Trinajstić information content (AvgIpc) is 2.67. The number of phenols is 1. The summed E-state index contributed by atoms with van der Waals surface area (Å²) in [7, 11) is 0. The van der Waals surface area contributed by atoms with Gasteiger partial charge in [-0.1, -0.05) is 55.4 Å². The number of benzene rings is 1. The van der Waals surface area contributed by atoms with Crippen LogP contribution >= 0.6 is 0 Å². The third-order valence-corrected chi connectivity index (χ3v) is 5.70. The lowest BCUT2D eigenvalue weighted by Crippen LogP contribution is -2.19. The van der Waals surface area contributed by atoms with E-state index in [2.05, 4.69) is 38.2 Å². The van der Waals surface area contributed by atoms with Crippen molar-refractivity contribution in [3.05, 3.63) is 82.5 Å². The molecule has 3 nitrogen and oxygen atoms in total. The Kier molecular flexibility index (Phi) is 8.53. The Hall–Kier alpha value is -3.02. The smallest absolute Gasteiger partial charge is 0.418 e. The van der Waals surface area contributed by atoms with Crippen LogP contribution in [0.5, 0.6) is 5.75 Å². The van der Waals surface area contributed by atoms with Crippen molar-refractivity contribution in [3.8, 4) is 5.75 Å². The number of amides is 1. The van der Waals surface area contributed by atoms with Crippen molar-refractivity contribution in [2.75, 3.05) is 5.32 Å². The third-order valence-electron chi connectivity index (χ3n) is 5.70. The predicted molar refractivity (Wildman–Crippen MR) is 128 cm³/mol. The molecular formula is C27H32F3NO2. The molecule has 0 saturated heterocycles. The van der Waals surface area contributed by atoms with Crippen LogP contribution in [0.15, 0.2) is 76.9 Å². The summed E-state index contributed by atoms with van der Waals surface area (Å²) in [5.41, 5.74) is 3.10. The zero-order valence-corrected chi connectivity index (χ0v) is 19.8. The van der Waals surface area contributed by atoms with E-state index < -0.39 is 29.1 Å². The standard InChI is InChI=1S/C27H32F3NO2/c1-18(11-13-22-20(3)10-7-15-26(22,4)5)8-6-9-19(2)16-25(33)31-24-14-12-21(32)17-23(24)27(28,29)30/h6,8-9,11-14,16-17,32H,7,10,15H2,1-5H3,(H,31,33). The van der Waals surface area contributed by atoms with Crippen LogP contribution in [0.1, 0.15) is 59.4 Å². The summed E-state index contributed by atoms with van der Waals surface area (Å²) >= 11 is 0. The highest BCUT2D eigenvalue weighted by Gasteiger charge is 2.34. The van der Waals surface area contributed by atoms with Gasteiger partial charge >= 0.3 is 6.18 Å². The molecule has 2 N–H and O–H groups in total. The second kappa shape index (κ2) is 10.7. The van der Waals surface area contributed by atoms with Crippen LogP contribution < -0.4 is 5.32 Å². The van der Waals surface area contributed by atoms with Gasteiger partial charge in [-0.2, -0.15) is 13.2 Å². The Morgan fingerprint density at radius 2 is 1.85 bits per heavy atom. The van der Waals surface area contributed by atoms with Crippen LogP contribution in [-0.4, -0.2) is 11.0 Å². The molecule has 0 heterocycles. The number of halogens is 3. The molecule has 0 atom stereocenters. The first-order valence-corrected chi connectivity index (χ1v) is 10.9. The van der Waals surface area contributed by atoms with Crippen LogP contribution in [-0.2, 0) is 11.0 Å². The minimum atomic E-state index is -4.70. The molecule has 2 rings (SSSR count). The molecule has 33 heavy (non-hydrogen) atoms. The van der Waals surface area contributed by atoms with Gasteiger partial charge in [-0.3, -0.25) is 4.79 Å². The number of hydrogen-bond donors (Lipinski definition) is 2. The van der Waals surface area contributed by atoms with Crippen molar-refractivity contribution in [1.82, 2.24) is 0 Å². The van der Waals surface area contributed by atoms with Crippen molar-refractivity contribution in [1.29, 1.82) is 0 Å². The summed E-state index contributed by atoms with van der Waals surface area (Å²) in [5.74, 6) is -1.21. The highest BCUT2D eigenvalue weighted by atomic mass is 19.4. The number of hydrogen-bond acceptors (Lipinski definition) is 2. The molecule has 1 aliphatic carbocycles. The highest BCUT2D eigenvalue weighted by molar-refractivity contribution is 6.00. The zero-order valence-electron chi connectivity index (χ0n) is 19.8. The SMILES string of the molecule is CC(C=CC1=C(C)CCCC1(C)C)=CC=CC(C)=CC(=O)Nc1ccc(O)cc1C(F)(F)F. The van der Waals surface area contributed by atoms with Gasteiger partial charge in [0.2, 0.25) is 5.91 Å². The molecule has 1 aromatic rings. The maximum Gasteiger partial charge on any atom is 0.418 e. The van der Waals surface area contributed by atoms with Gasteiger partial charge in [0.25, 0.3) is 0 Å². The van der Waals surface area contributed by atoms with E-state index in [1.165, 1.54) is 30.1 Å². The third kappa shape index (κ3) is 7.81. The van der Waals surface area contributed by atoms with Crippen molar-refractivity contribution < 1.29 is 23.1 Å². The Morgan fingerprint density at radius 1 is 1.15 bits per heavy atom. The number of phenolic OH excluding ortho intramolecular Hbond substituents is 1. The fourth-order valence-electron chi connectivity index (χ4n) is 3.93. The number of allylic oxidation sites excluding steroid dienone is 9. The fourth-order valence-corrected chi connectivity index (χ4v) is 3.93. The zero-order chi connectivity index (χ0) is 24.8. The number of carbonyl (C=O) groups excluding carboxylic acids is 1. The lowest BCUT2D eigenvalue weighted by Gasteiger charge is -2.32. The molecule has 0 bridgehead atoms. The molecule has 0 fully saturated rings. The van der Waals surface area contributed by atoms with Gasteiger partial charge in [-0.15, -0.1) is 0 Å². The molecule has 0 radical (unpaired) electrons. The van der Waals surface area contributed by atoms with Gasteiger partial charge in [0, 0.05) is 6.08 Å². The fraction of sp³-hybridized carbons (Fsp3) is 0.370. The Labute approximate surface area is 194 Å². The second-order valence-electron chi connectivity index (χ2n) is 9.14. The molecule has 0 saturated carbocycles. The second-order valence-corrected chi connectivity index (χ2v) is 9.14. The molecule has 1 aromatic carbocycles. The van der Waals surface area contributed by atoms with E-state index in [9.17, 15) is 23.1 Å². The van der Waals surface area contributed by atoms with Gasteiger partial charge in [-0.25, -0.2) is 0 Å². The summed E-state index contributed by atoms with van der Waals surface area (Å²) in [6.45, 7) is 10.4. The van der Waals surface area contributed by atoms with Crippen LogP contribution in [0.4, 0.5) is 18.9 Å². The maximum absolute atomic E-state index is 13.1. The van der Waals surface area contributed by atoms with E-state index in [4.69, 9.17) is 0 Å². The molecule has 6 heteroatoms. The van der Waals surface area contributed by atoms with Crippen LogP contribution in [0.2, 0.25) is 0 Å². The van der Waals surface area contributed by atoms with E-state index >= 15 is 0 Å². The number of carbonyl (C=O) groups is 1. The van der Waals surface area contributed by atoms with Gasteiger partial charge < -0.3 is 10.4 Å². The minimum absolute atomic E-state index is 0.172. The average molecular weight is 460 g/mol. The lowest BCUT2D eigenvalue weighted by atomic mass is 9.72. The van der Waals surface area contributed by atoms with Crippen molar-refractivity contribution in [2.45, 2.75) is 60.1 Å². The number of alkyl halides is 3. The van der Waals surface area contributed by atoms with Crippen LogP contribution in [0, 0.1) is 5.41 Å². The quantitative estimate of drug-likeness (QED) is 0.258. The Bertz CT molecular complexity index is 1040. The molecular weight excluding hydrogens is 427 g/mol. The lowest BCUT2D eigenvalue weighted by molar-refractivity contribution is -0.137. The van der Waals surface area contributed by atoms with Gasteiger partial charge in [0.15, 0.2) is 0 Å². The monoisotopic (exact) mass is 459 g/mol. The summed E-state index contributed by atoms with van der Waals surface area (Å²) in [5, 5.41) is 11.6. The largest absolute Gasteiger partial charge is 0.508 e. The van der Waals surface area contributed by atoms with E-state index in [0.717, 1.165) is 24.1 Å². The van der Waals surface area contributed by atoms with Crippen LogP contribution in [0.3, 0.4) is 0 Å².